The molecule has 0 aromatic heterocycles. The number of unbranched alkanes of at least 4 members (excludes halogenated alkanes) is 3. The zero-order valence-electron chi connectivity index (χ0n) is 10.9. The van der Waals surface area contributed by atoms with Crippen molar-refractivity contribution in [1.29, 1.82) is 0 Å². The Balaban J connectivity index is 0. The van der Waals surface area contributed by atoms with Crippen molar-refractivity contribution < 1.29 is 24.8 Å². The first-order valence-electron chi connectivity index (χ1n) is 6.31. The fourth-order valence-electron chi connectivity index (χ4n) is 0.990. The first-order chi connectivity index (χ1) is 8.33. The van der Waals surface area contributed by atoms with Gasteiger partial charge in [0.1, 0.15) is 0 Å². The molecule has 0 aliphatic carbocycles. The molecule has 0 radical (unpaired) electrons. The second-order valence-corrected chi connectivity index (χ2v) is 3.46. The summed E-state index contributed by atoms with van der Waals surface area (Å²) in [5.74, 6) is 0. The Bertz CT molecular complexity index is 99.1. The molecule has 0 aliphatic rings. The van der Waals surface area contributed by atoms with Gasteiger partial charge in [-0.2, -0.15) is 0 Å². The maximum atomic E-state index is 8.29. The zero-order chi connectivity index (χ0) is 13.2. The van der Waals surface area contributed by atoms with Crippen LogP contribution in [0, 0.1) is 0 Å². The Labute approximate surface area is 104 Å². The second kappa shape index (κ2) is 21.1. The van der Waals surface area contributed by atoms with Crippen molar-refractivity contribution in [2.75, 3.05) is 46.2 Å². The number of aliphatic hydroxyl groups excluding tert-OH is 3. The van der Waals surface area contributed by atoms with E-state index in [9.17, 15) is 0 Å². The van der Waals surface area contributed by atoms with Crippen molar-refractivity contribution >= 4 is 0 Å². The summed E-state index contributed by atoms with van der Waals surface area (Å²) in [7, 11) is 0. The van der Waals surface area contributed by atoms with E-state index in [1.807, 2.05) is 0 Å². The van der Waals surface area contributed by atoms with Crippen LogP contribution < -0.4 is 0 Å². The highest BCUT2D eigenvalue weighted by Gasteiger charge is 1.86. The third-order valence-electron chi connectivity index (χ3n) is 1.85. The average molecular weight is 252 g/mol. The summed E-state index contributed by atoms with van der Waals surface area (Å²) < 4.78 is 9.75. The molecule has 0 saturated heterocycles. The molecule has 3 N–H and O–H groups in total. The fourth-order valence-corrected chi connectivity index (χ4v) is 0.990. The normalized spacial score (nSPS) is 9.88. The maximum absolute atomic E-state index is 8.29. The molecule has 0 aromatic rings. The van der Waals surface area contributed by atoms with Crippen molar-refractivity contribution in [2.45, 2.75) is 32.6 Å². The Morgan fingerprint density at radius 2 is 1.18 bits per heavy atom. The van der Waals surface area contributed by atoms with Gasteiger partial charge in [-0.3, -0.25) is 0 Å². The van der Waals surface area contributed by atoms with Gasteiger partial charge in [0.15, 0.2) is 0 Å². The lowest BCUT2D eigenvalue weighted by molar-refractivity contribution is 0.0222. The van der Waals surface area contributed by atoms with Crippen LogP contribution in [0.4, 0.5) is 0 Å². The molecular formula is C12H28O5. The van der Waals surface area contributed by atoms with Gasteiger partial charge in [0.25, 0.3) is 0 Å². The van der Waals surface area contributed by atoms with Gasteiger partial charge in [-0.15, -0.1) is 0 Å². The third kappa shape index (κ3) is 25.8. The van der Waals surface area contributed by atoms with Crippen LogP contribution in [0.1, 0.15) is 32.6 Å². The monoisotopic (exact) mass is 252 g/mol. The summed E-state index contributed by atoms with van der Waals surface area (Å²) in [6.45, 7) is 4.25. The molecule has 0 fully saturated rings. The third-order valence-corrected chi connectivity index (χ3v) is 1.85. The van der Waals surface area contributed by atoms with E-state index in [0.29, 0.717) is 33.0 Å². The zero-order valence-corrected chi connectivity index (χ0v) is 10.9. The number of hydrogen-bond acceptors (Lipinski definition) is 5. The predicted molar refractivity (Wildman–Crippen MR) is 67.0 cm³/mol. The maximum Gasteiger partial charge on any atom is 0.0701 e. The summed E-state index contributed by atoms with van der Waals surface area (Å²) in [5.41, 5.74) is 0. The van der Waals surface area contributed by atoms with E-state index in [0.717, 1.165) is 6.42 Å². The van der Waals surface area contributed by atoms with E-state index in [4.69, 9.17) is 24.8 Å². The Morgan fingerprint density at radius 3 is 1.53 bits per heavy atom. The molecule has 0 saturated carbocycles. The van der Waals surface area contributed by atoms with Gasteiger partial charge in [0.2, 0.25) is 0 Å². The quantitative estimate of drug-likeness (QED) is 0.468. The predicted octanol–water partition coefficient (Wildman–Crippen LogP) is 0.563. The fraction of sp³-hybridized carbons (Fsp3) is 1.00. The number of rotatable bonds is 11. The molecule has 0 bridgehead atoms. The van der Waals surface area contributed by atoms with Crippen LogP contribution in [0.5, 0.6) is 0 Å². The van der Waals surface area contributed by atoms with Gasteiger partial charge in [0, 0.05) is 6.61 Å². The van der Waals surface area contributed by atoms with E-state index < -0.39 is 0 Å². The van der Waals surface area contributed by atoms with Crippen molar-refractivity contribution in [3.05, 3.63) is 0 Å². The van der Waals surface area contributed by atoms with E-state index in [1.165, 1.54) is 19.3 Å². The van der Waals surface area contributed by atoms with E-state index >= 15 is 0 Å². The molecule has 17 heavy (non-hydrogen) atoms. The van der Waals surface area contributed by atoms with Gasteiger partial charge in [0.05, 0.1) is 39.6 Å². The summed E-state index contributed by atoms with van der Waals surface area (Å²) in [6, 6.07) is 0. The first-order valence-corrected chi connectivity index (χ1v) is 6.31. The average Bonchev–Trinajstić information content (AvgIpc) is 2.35. The summed E-state index contributed by atoms with van der Waals surface area (Å²) in [6.07, 6.45) is 4.68. The molecule has 106 valence electrons. The van der Waals surface area contributed by atoms with Gasteiger partial charge < -0.3 is 24.8 Å². The lowest BCUT2D eigenvalue weighted by atomic mass is 10.2. The Hall–Kier alpha value is -0.200. The molecule has 0 unspecified atom stereocenters. The van der Waals surface area contributed by atoms with Crippen LogP contribution in [0.15, 0.2) is 0 Å². The number of aliphatic hydroxyl groups is 3. The standard InChI is InChI=1S/C6H14O4.C6H14O/c7-1-3-9-5-6-10-4-2-8;1-2-3-4-5-6-7/h7-8H,1-6H2;7H,2-6H2,1H3. The minimum atomic E-state index is 0.0417. The van der Waals surface area contributed by atoms with Gasteiger partial charge in [-0.1, -0.05) is 26.2 Å². The highest BCUT2D eigenvalue weighted by atomic mass is 16.5. The second-order valence-electron chi connectivity index (χ2n) is 3.46. The van der Waals surface area contributed by atoms with Crippen molar-refractivity contribution in [2.24, 2.45) is 0 Å². The summed E-state index contributed by atoms with van der Waals surface area (Å²) >= 11 is 0. The topological polar surface area (TPSA) is 79.2 Å². The first kappa shape index (κ1) is 19.1. The number of hydrogen-bond donors (Lipinski definition) is 3. The summed E-state index contributed by atoms with van der Waals surface area (Å²) in [5, 5.41) is 24.8. The highest BCUT2D eigenvalue weighted by Crippen LogP contribution is 1.96. The minimum absolute atomic E-state index is 0.0417. The van der Waals surface area contributed by atoms with Crippen LogP contribution in [0.2, 0.25) is 0 Å². The largest absolute Gasteiger partial charge is 0.396 e. The molecule has 5 nitrogen and oxygen atoms in total. The van der Waals surface area contributed by atoms with Gasteiger partial charge in [-0.05, 0) is 6.42 Å². The van der Waals surface area contributed by atoms with Gasteiger partial charge >= 0.3 is 0 Å². The van der Waals surface area contributed by atoms with Crippen molar-refractivity contribution in [3.63, 3.8) is 0 Å². The SMILES string of the molecule is CCCCCCO.OCCOCCOCCO. The molecule has 0 spiro atoms. The molecule has 0 aliphatic heterocycles. The molecule has 0 amide bonds. The van der Waals surface area contributed by atoms with E-state index in [1.54, 1.807) is 0 Å². The van der Waals surface area contributed by atoms with Crippen LogP contribution in [-0.4, -0.2) is 61.6 Å². The highest BCUT2D eigenvalue weighted by molar-refractivity contribution is 4.35. The van der Waals surface area contributed by atoms with Gasteiger partial charge in [-0.25, -0.2) is 0 Å². The molecule has 0 atom stereocenters. The van der Waals surface area contributed by atoms with Crippen LogP contribution in [0.25, 0.3) is 0 Å². The van der Waals surface area contributed by atoms with Crippen molar-refractivity contribution in [3.8, 4) is 0 Å². The smallest absolute Gasteiger partial charge is 0.0701 e. The minimum Gasteiger partial charge on any atom is -0.396 e. The lowest BCUT2D eigenvalue weighted by Crippen LogP contribution is -2.09. The molecule has 0 aromatic carbocycles. The molecular weight excluding hydrogens is 224 g/mol. The van der Waals surface area contributed by atoms with Crippen LogP contribution in [-0.2, 0) is 9.47 Å². The lowest BCUT2D eigenvalue weighted by Gasteiger charge is -2.01. The summed E-state index contributed by atoms with van der Waals surface area (Å²) in [4.78, 5) is 0. The van der Waals surface area contributed by atoms with Crippen LogP contribution >= 0.6 is 0 Å². The van der Waals surface area contributed by atoms with E-state index in [-0.39, 0.29) is 13.2 Å². The van der Waals surface area contributed by atoms with E-state index in [2.05, 4.69) is 6.92 Å². The Kier molecular flexibility index (Phi) is 23.8. The Morgan fingerprint density at radius 1 is 0.647 bits per heavy atom. The molecule has 5 heteroatoms. The molecule has 0 heterocycles. The van der Waals surface area contributed by atoms with Crippen molar-refractivity contribution in [1.82, 2.24) is 0 Å². The molecule has 0 rings (SSSR count). The van der Waals surface area contributed by atoms with Crippen LogP contribution in [0.3, 0.4) is 0 Å². The number of ether oxygens (including phenoxy) is 2.